The molecule has 0 aromatic heterocycles. The van der Waals surface area contributed by atoms with Crippen LogP contribution in [0.25, 0.3) is 0 Å². The molecule has 1 atom stereocenters. The number of rotatable bonds is 3. The Balaban J connectivity index is 1.88. The van der Waals surface area contributed by atoms with Crippen molar-refractivity contribution in [1.29, 1.82) is 0 Å². The quantitative estimate of drug-likeness (QED) is 0.619. The van der Waals surface area contributed by atoms with E-state index >= 15 is 0 Å². The van der Waals surface area contributed by atoms with Crippen LogP contribution in [0.4, 0.5) is 0 Å². The van der Waals surface area contributed by atoms with Crippen LogP contribution in [0, 0.1) is 0 Å². The smallest absolute Gasteiger partial charge is 0.0733 e. The van der Waals surface area contributed by atoms with Crippen LogP contribution in [-0.2, 0) is 4.75 Å². The minimum atomic E-state index is 0.0455. The average molecular weight is 302 g/mol. The maximum Gasteiger partial charge on any atom is 0.0733 e. The van der Waals surface area contributed by atoms with Crippen molar-refractivity contribution in [3.63, 3.8) is 0 Å². The molecule has 0 nitrogen and oxygen atoms in total. The Morgan fingerprint density at radius 2 is 1.09 bits per heavy atom. The van der Waals surface area contributed by atoms with E-state index in [0.29, 0.717) is 5.92 Å². The summed E-state index contributed by atoms with van der Waals surface area (Å²) >= 11 is 2.06. The lowest BCUT2D eigenvalue weighted by Crippen LogP contribution is -2.42. The van der Waals surface area contributed by atoms with E-state index in [1.165, 1.54) is 22.4 Å². The molecule has 0 N–H and O–H groups in total. The second-order valence-electron chi connectivity index (χ2n) is 5.74. The number of benzene rings is 3. The largest absolute Gasteiger partial charge is 0.144 e. The van der Waals surface area contributed by atoms with Crippen molar-refractivity contribution in [2.24, 2.45) is 0 Å². The zero-order chi connectivity index (χ0) is 14.8. The molecule has 1 aliphatic heterocycles. The van der Waals surface area contributed by atoms with Crippen molar-refractivity contribution in [2.45, 2.75) is 10.7 Å². The molecule has 0 spiro atoms. The van der Waals surface area contributed by atoms with Crippen LogP contribution in [-0.4, -0.2) is 5.75 Å². The van der Waals surface area contributed by atoms with Gasteiger partial charge in [-0.05, 0) is 16.7 Å². The predicted molar refractivity (Wildman–Crippen MR) is 95.3 cm³/mol. The summed E-state index contributed by atoms with van der Waals surface area (Å²) in [6.45, 7) is 0. The molecule has 4 rings (SSSR count). The average Bonchev–Trinajstić information content (AvgIpc) is 2.57. The van der Waals surface area contributed by atoms with Gasteiger partial charge < -0.3 is 0 Å². The van der Waals surface area contributed by atoms with Crippen LogP contribution in [0.2, 0.25) is 0 Å². The highest BCUT2D eigenvalue weighted by Gasteiger charge is 2.50. The molecule has 22 heavy (non-hydrogen) atoms. The summed E-state index contributed by atoms with van der Waals surface area (Å²) in [7, 11) is 0. The summed E-state index contributed by atoms with van der Waals surface area (Å²) in [5, 5.41) is 0. The highest BCUT2D eigenvalue weighted by molar-refractivity contribution is 8.02. The lowest BCUT2D eigenvalue weighted by atomic mass is 9.76. The van der Waals surface area contributed by atoms with Gasteiger partial charge in [0.1, 0.15) is 0 Å². The van der Waals surface area contributed by atoms with E-state index in [2.05, 4.69) is 103 Å². The molecular weight excluding hydrogens is 284 g/mol. The fourth-order valence-electron chi connectivity index (χ4n) is 3.46. The van der Waals surface area contributed by atoms with Crippen molar-refractivity contribution in [1.82, 2.24) is 0 Å². The second-order valence-corrected chi connectivity index (χ2v) is 7.01. The van der Waals surface area contributed by atoms with Gasteiger partial charge in [-0.25, -0.2) is 0 Å². The summed E-state index contributed by atoms with van der Waals surface area (Å²) in [5.41, 5.74) is 4.26. The zero-order valence-corrected chi connectivity index (χ0v) is 13.2. The second kappa shape index (κ2) is 5.66. The standard InChI is InChI=1S/C21H18S/c1-4-10-17(11-5-1)20-16-22-21(20,18-12-6-2-7-13-18)19-14-8-3-9-15-19/h1-15,20H,16H2. The van der Waals surface area contributed by atoms with Crippen LogP contribution in [0.5, 0.6) is 0 Å². The summed E-state index contributed by atoms with van der Waals surface area (Å²) in [4.78, 5) is 0. The molecular formula is C21H18S. The molecule has 0 aliphatic carbocycles. The van der Waals surface area contributed by atoms with E-state index in [-0.39, 0.29) is 4.75 Å². The molecule has 3 aromatic carbocycles. The van der Waals surface area contributed by atoms with Gasteiger partial charge in [-0.15, -0.1) is 11.8 Å². The Labute approximate surface area is 136 Å². The summed E-state index contributed by atoms with van der Waals surface area (Å²) < 4.78 is 0.0455. The molecule has 1 fully saturated rings. The van der Waals surface area contributed by atoms with Crippen LogP contribution in [0.3, 0.4) is 0 Å². The number of hydrogen-bond acceptors (Lipinski definition) is 1. The van der Waals surface area contributed by atoms with Gasteiger partial charge in [-0.1, -0.05) is 91.0 Å². The fraction of sp³-hybridized carbons (Fsp3) is 0.143. The third-order valence-electron chi connectivity index (χ3n) is 4.58. The fourth-order valence-corrected chi connectivity index (χ4v) is 5.06. The Morgan fingerprint density at radius 1 is 0.636 bits per heavy atom. The highest BCUT2D eigenvalue weighted by Crippen LogP contribution is 2.62. The topological polar surface area (TPSA) is 0 Å². The molecule has 1 heterocycles. The molecule has 1 heteroatoms. The van der Waals surface area contributed by atoms with E-state index in [0.717, 1.165) is 0 Å². The van der Waals surface area contributed by atoms with Gasteiger partial charge in [-0.3, -0.25) is 0 Å². The van der Waals surface area contributed by atoms with E-state index in [1.807, 2.05) is 0 Å². The number of thioether (sulfide) groups is 1. The van der Waals surface area contributed by atoms with Crippen LogP contribution >= 0.6 is 11.8 Å². The normalized spacial score (nSPS) is 19.4. The van der Waals surface area contributed by atoms with Crippen molar-refractivity contribution in [3.8, 4) is 0 Å². The van der Waals surface area contributed by atoms with Crippen molar-refractivity contribution >= 4 is 11.8 Å². The number of hydrogen-bond donors (Lipinski definition) is 0. The van der Waals surface area contributed by atoms with Gasteiger partial charge in [0.15, 0.2) is 0 Å². The van der Waals surface area contributed by atoms with Crippen LogP contribution < -0.4 is 0 Å². The Hall–Kier alpha value is -1.99. The lowest BCUT2D eigenvalue weighted by molar-refractivity contribution is 0.567. The van der Waals surface area contributed by atoms with Gasteiger partial charge in [0.2, 0.25) is 0 Å². The maximum atomic E-state index is 2.27. The Bertz CT molecular complexity index is 695. The van der Waals surface area contributed by atoms with Crippen molar-refractivity contribution < 1.29 is 0 Å². The van der Waals surface area contributed by atoms with Gasteiger partial charge >= 0.3 is 0 Å². The predicted octanol–water partition coefficient (Wildman–Crippen LogP) is 5.46. The van der Waals surface area contributed by atoms with Crippen molar-refractivity contribution in [3.05, 3.63) is 108 Å². The first-order chi connectivity index (χ1) is 10.9. The first kappa shape index (κ1) is 13.7. The Kier molecular flexibility index (Phi) is 3.51. The molecule has 3 aromatic rings. The van der Waals surface area contributed by atoms with Gasteiger partial charge in [0.05, 0.1) is 4.75 Å². The minimum Gasteiger partial charge on any atom is -0.144 e. The van der Waals surface area contributed by atoms with E-state index < -0.39 is 0 Å². The summed E-state index contributed by atoms with van der Waals surface area (Å²) in [6, 6.07) is 32.8. The van der Waals surface area contributed by atoms with Crippen LogP contribution in [0.1, 0.15) is 22.6 Å². The zero-order valence-electron chi connectivity index (χ0n) is 12.4. The molecule has 1 saturated heterocycles. The lowest BCUT2D eigenvalue weighted by Gasteiger charge is -2.50. The molecule has 0 bridgehead atoms. The van der Waals surface area contributed by atoms with E-state index in [9.17, 15) is 0 Å². The summed E-state index contributed by atoms with van der Waals surface area (Å²) in [5.74, 6) is 1.71. The van der Waals surface area contributed by atoms with Crippen molar-refractivity contribution in [2.75, 3.05) is 5.75 Å². The molecule has 1 unspecified atom stereocenters. The highest BCUT2D eigenvalue weighted by atomic mass is 32.2. The maximum absolute atomic E-state index is 2.27. The Morgan fingerprint density at radius 3 is 1.50 bits per heavy atom. The molecule has 0 amide bonds. The SMILES string of the molecule is c1ccc(C2CSC2(c2ccccc2)c2ccccc2)cc1. The third kappa shape index (κ3) is 2.08. The van der Waals surface area contributed by atoms with E-state index in [4.69, 9.17) is 0 Å². The summed E-state index contributed by atoms with van der Waals surface area (Å²) in [6.07, 6.45) is 0. The van der Waals surface area contributed by atoms with Gasteiger partial charge in [0, 0.05) is 11.7 Å². The molecule has 1 aliphatic rings. The third-order valence-corrected chi connectivity index (χ3v) is 6.29. The molecule has 0 saturated carbocycles. The molecule has 108 valence electrons. The first-order valence-electron chi connectivity index (χ1n) is 7.71. The van der Waals surface area contributed by atoms with Gasteiger partial charge in [0.25, 0.3) is 0 Å². The monoisotopic (exact) mass is 302 g/mol. The minimum absolute atomic E-state index is 0.0455. The first-order valence-corrected chi connectivity index (χ1v) is 8.70. The van der Waals surface area contributed by atoms with Gasteiger partial charge in [-0.2, -0.15) is 0 Å². The van der Waals surface area contributed by atoms with Crippen LogP contribution in [0.15, 0.2) is 91.0 Å². The molecule has 0 radical (unpaired) electrons. The van der Waals surface area contributed by atoms with E-state index in [1.54, 1.807) is 0 Å².